The average Bonchev–Trinajstić information content (AvgIpc) is 2.47. The summed E-state index contributed by atoms with van der Waals surface area (Å²) in [5.41, 5.74) is 0.580. The standard InChI is InChI=1S/C7H10BrN3O/c1-11-5-9-4-6(11)7(12)10-3-2-8/h4-5H,2-3H2,1H3,(H,10,12). The van der Waals surface area contributed by atoms with Crippen LogP contribution in [0.4, 0.5) is 0 Å². The molecule has 1 heterocycles. The van der Waals surface area contributed by atoms with Gasteiger partial charge in [-0.3, -0.25) is 4.79 Å². The molecule has 0 unspecified atom stereocenters. The summed E-state index contributed by atoms with van der Waals surface area (Å²) in [6.45, 7) is 0.629. The van der Waals surface area contributed by atoms with Gasteiger partial charge >= 0.3 is 0 Å². The Morgan fingerprint density at radius 3 is 3.08 bits per heavy atom. The number of halogens is 1. The Labute approximate surface area is 79.1 Å². The number of nitrogens with one attached hydrogen (secondary N) is 1. The zero-order valence-electron chi connectivity index (χ0n) is 6.75. The van der Waals surface area contributed by atoms with Gasteiger partial charge in [0.15, 0.2) is 0 Å². The number of rotatable bonds is 3. The maximum absolute atomic E-state index is 11.3. The van der Waals surface area contributed by atoms with E-state index in [1.165, 1.54) is 0 Å². The van der Waals surface area contributed by atoms with Gasteiger partial charge in [0.05, 0.1) is 12.5 Å². The van der Waals surface area contributed by atoms with Crippen molar-refractivity contribution in [2.45, 2.75) is 0 Å². The molecule has 66 valence electrons. The first-order valence-corrected chi connectivity index (χ1v) is 4.68. The second kappa shape index (κ2) is 4.25. The topological polar surface area (TPSA) is 46.9 Å². The van der Waals surface area contributed by atoms with Crippen LogP contribution in [0.2, 0.25) is 0 Å². The third-order valence-electron chi connectivity index (χ3n) is 1.43. The van der Waals surface area contributed by atoms with Gasteiger partial charge in [-0.2, -0.15) is 0 Å². The summed E-state index contributed by atoms with van der Waals surface area (Å²) in [6, 6.07) is 0. The molecule has 1 rings (SSSR count). The van der Waals surface area contributed by atoms with E-state index in [2.05, 4.69) is 26.2 Å². The number of hydrogen-bond acceptors (Lipinski definition) is 2. The fourth-order valence-electron chi connectivity index (χ4n) is 0.827. The number of amides is 1. The third-order valence-corrected chi connectivity index (χ3v) is 1.83. The van der Waals surface area contributed by atoms with Crippen LogP contribution in [0.15, 0.2) is 12.5 Å². The van der Waals surface area contributed by atoms with E-state index in [0.29, 0.717) is 12.2 Å². The van der Waals surface area contributed by atoms with Crippen molar-refractivity contribution in [2.24, 2.45) is 7.05 Å². The molecule has 1 amide bonds. The SMILES string of the molecule is Cn1cncc1C(=O)NCCBr. The molecule has 0 spiro atoms. The molecule has 0 saturated carbocycles. The molecule has 1 aromatic rings. The molecule has 12 heavy (non-hydrogen) atoms. The molecule has 0 bridgehead atoms. The van der Waals surface area contributed by atoms with E-state index in [9.17, 15) is 4.79 Å². The zero-order chi connectivity index (χ0) is 8.97. The average molecular weight is 232 g/mol. The number of hydrogen-bond donors (Lipinski definition) is 1. The number of aromatic nitrogens is 2. The molecule has 0 saturated heterocycles. The van der Waals surface area contributed by atoms with Crippen molar-refractivity contribution in [3.63, 3.8) is 0 Å². The van der Waals surface area contributed by atoms with Crippen molar-refractivity contribution in [1.82, 2.24) is 14.9 Å². The van der Waals surface area contributed by atoms with Gasteiger partial charge in [-0.15, -0.1) is 0 Å². The highest BCUT2D eigenvalue weighted by molar-refractivity contribution is 9.09. The van der Waals surface area contributed by atoms with Gasteiger partial charge in [-0.25, -0.2) is 4.98 Å². The van der Waals surface area contributed by atoms with Gasteiger partial charge in [0.2, 0.25) is 0 Å². The lowest BCUT2D eigenvalue weighted by molar-refractivity contribution is 0.0948. The lowest BCUT2D eigenvalue weighted by Crippen LogP contribution is -2.26. The van der Waals surface area contributed by atoms with E-state index in [1.807, 2.05) is 0 Å². The van der Waals surface area contributed by atoms with Gasteiger partial charge in [0.25, 0.3) is 5.91 Å². The molecular formula is C7H10BrN3O. The van der Waals surface area contributed by atoms with Gasteiger partial charge in [-0.1, -0.05) is 15.9 Å². The number of alkyl halides is 1. The van der Waals surface area contributed by atoms with Crippen molar-refractivity contribution >= 4 is 21.8 Å². The first kappa shape index (κ1) is 9.25. The number of aryl methyl sites for hydroxylation is 1. The zero-order valence-corrected chi connectivity index (χ0v) is 8.34. The van der Waals surface area contributed by atoms with E-state index < -0.39 is 0 Å². The van der Waals surface area contributed by atoms with Gasteiger partial charge in [0.1, 0.15) is 5.69 Å². The summed E-state index contributed by atoms with van der Waals surface area (Å²) in [5, 5.41) is 3.49. The molecule has 0 aliphatic carbocycles. The summed E-state index contributed by atoms with van der Waals surface area (Å²) < 4.78 is 1.68. The van der Waals surface area contributed by atoms with Crippen molar-refractivity contribution < 1.29 is 4.79 Å². The molecule has 5 heteroatoms. The highest BCUT2D eigenvalue weighted by atomic mass is 79.9. The lowest BCUT2D eigenvalue weighted by atomic mass is 10.4. The van der Waals surface area contributed by atoms with Crippen LogP contribution in [0.5, 0.6) is 0 Å². The van der Waals surface area contributed by atoms with Crippen LogP contribution in [0.1, 0.15) is 10.5 Å². The van der Waals surface area contributed by atoms with E-state index >= 15 is 0 Å². The smallest absolute Gasteiger partial charge is 0.269 e. The van der Waals surface area contributed by atoms with Gasteiger partial charge < -0.3 is 9.88 Å². The maximum atomic E-state index is 11.3. The number of carbonyl (C=O) groups excluding carboxylic acids is 1. The van der Waals surface area contributed by atoms with Crippen LogP contribution in [0, 0.1) is 0 Å². The fraction of sp³-hybridized carbons (Fsp3) is 0.429. The van der Waals surface area contributed by atoms with Crippen molar-refractivity contribution in [2.75, 3.05) is 11.9 Å². The lowest BCUT2D eigenvalue weighted by Gasteiger charge is -2.02. The molecule has 0 aliphatic heterocycles. The van der Waals surface area contributed by atoms with Crippen LogP contribution in [0.25, 0.3) is 0 Å². The summed E-state index contributed by atoms with van der Waals surface area (Å²) in [5.74, 6) is -0.0885. The van der Waals surface area contributed by atoms with E-state index in [1.54, 1.807) is 24.1 Å². The highest BCUT2D eigenvalue weighted by Gasteiger charge is 2.07. The van der Waals surface area contributed by atoms with Crippen molar-refractivity contribution in [3.05, 3.63) is 18.2 Å². The van der Waals surface area contributed by atoms with Gasteiger partial charge in [-0.05, 0) is 0 Å². The second-order valence-corrected chi connectivity index (χ2v) is 3.13. The molecule has 0 aromatic carbocycles. The van der Waals surface area contributed by atoms with E-state index in [-0.39, 0.29) is 5.91 Å². The predicted molar refractivity (Wildman–Crippen MR) is 49.3 cm³/mol. The Bertz CT molecular complexity index is 271. The second-order valence-electron chi connectivity index (χ2n) is 2.33. The molecule has 1 aromatic heterocycles. The molecular weight excluding hydrogens is 222 g/mol. The summed E-state index contributed by atoms with van der Waals surface area (Å²) in [4.78, 5) is 15.1. The van der Waals surface area contributed by atoms with Crippen LogP contribution in [-0.2, 0) is 7.05 Å². The van der Waals surface area contributed by atoms with Crippen molar-refractivity contribution in [3.8, 4) is 0 Å². The summed E-state index contributed by atoms with van der Waals surface area (Å²) in [6.07, 6.45) is 3.15. The molecule has 0 atom stereocenters. The number of carbonyl (C=O) groups is 1. The Morgan fingerprint density at radius 2 is 2.58 bits per heavy atom. The fourth-order valence-corrected chi connectivity index (χ4v) is 1.03. The Morgan fingerprint density at radius 1 is 1.83 bits per heavy atom. The van der Waals surface area contributed by atoms with Crippen LogP contribution < -0.4 is 5.32 Å². The van der Waals surface area contributed by atoms with Crippen LogP contribution in [0.3, 0.4) is 0 Å². The minimum absolute atomic E-state index is 0.0885. The number of nitrogens with zero attached hydrogens (tertiary/aromatic N) is 2. The van der Waals surface area contributed by atoms with Crippen LogP contribution in [-0.4, -0.2) is 27.3 Å². The minimum Gasteiger partial charge on any atom is -0.350 e. The van der Waals surface area contributed by atoms with Gasteiger partial charge in [0, 0.05) is 18.9 Å². The molecule has 1 N–H and O–H groups in total. The quantitative estimate of drug-likeness (QED) is 0.773. The van der Waals surface area contributed by atoms with E-state index in [4.69, 9.17) is 0 Å². The van der Waals surface area contributed by atoms with Crippen LogP contribution >= 0.6 is 15.9 Å². The third kappa shape index (κ3) is 2.07. The molecule has 0 fully saturated rings. The Hall–Kier alpha value is -0.840. The molecule has 0 aliphatic rings. The maximum Gasteiger partial charge on any atom is 0.269 e. The predicted octanol–water partition coefficient (Wildman–Crippen LogP) is 0.545. The monoisotopic (exact) mass is 231 g/mol. The first-order valence-electron chi connectivity index (χ1n) is 3.56. The Kier molecular flexibility index (Phi) is 3.28. The van der Waals surface area contributed by atoms with E-state index in [0.717, 1.165) is 5.33 Å². The number of imidazole rings is 1. The summed E-state index contributed by atoms with van der Waals surface area (Å²) in [7, 11) is 1.79. The molecule has 0 radical (unpaired) electrons. The highest BCUT2D eigenvalue weighted by Crippen LogP contribution is 1.94. The normalized spacial score (nSPS) is 9.83. The summed E-state index contributed by atoms with van der Waals surface area (Å²) >= 11 is 3.22. The Balaban J connectivity index is 2.59. The largest absolute Gasteiger partial charge is 0.350 e. The minimum atomic E-state index is -0.0885. The first-order chi connectivity index (χ1) is 5.75. The molecule has 4 nitrogen and oxygen atoms in total. The van der Waals surface area contributed by atoms with Crippen molar-refractivity contribution in [1.29, 1.82) is 0 Å².